The van der Waals surface area contributed by atoms with Crippen LogP contribution in [-0.4, -0.2) is 23.3 Å². The molecule has 1 saturated carbocycles. The van der Waals surface area contributed by atoms with Crippen LogP contribution in [0.25, 0.3) is 0 Å². The quantitative estimate of drug-likeness (QED) is 0.595. The fourth-order valence-electron chi connectivity index (χ4n) is 0.781. The van der Waals surface area contributed by atoms with E-state index in [4.69, 9.17) is 0 Å². The van der Waals surface area contributed by atoms with Gasteiger partial charge >= 0.3 is 0 Å². The molecular formula is C9H17NO. The summed E-state index contributed by atoms with van der Waals surface area (Å²) in [7, 11) is 0. The zero-order valence-electron chi connectivity index (χ0n) is 7.35. The van der Waals surface area contributed by atoms with Crippen LogP contribution in [0.5, 0.6) is 0 Å². The van der Waals surface area contributed by atoms with Crippen molar-refractivity contribution in [3.63, 3.8) is 0 Å². The Bertz CT molecular complexity index is 159. The third kappa shape index (κ3) is 2.64. The fraction of sp³-hybridized carbons (Fsp3) is 0.778. The SMILES string of the molecule is C=C(C)C(C)(O)CNC1CC1. The van der Waals surface area contributed by atoms with Gasteiger partial charge in [-0.3, -0.25) is 0 Å². The average molecular weight is 155 g/mol. The molecule has 0 aliphatic heterocycles. The lowest BCUT2D eigenvalue weighted by atomic mass is 9.99. The van der Waals surface area contributed by atoms with Crippen molar-refractivity contribution in [2.75, 3.05) is 6.54 Å². The highest BCUT2D eigenvalue weighted by Gasteiger charge is 2.26. The summed E-state index contributed by atoms with van der Waals surface area (Å²) in [6, 6.07) is 0.654. The molecule has 0 radical (unpaired) electrons. The third-order valence-corrected chi connectivity index (χ3v) is 2.23. The summed E-state index contributed by atoms with van der Waals surface area (Å²) in [5.41, 5.74) is 0.0911. The Morgan fingerprint density at radius 1 is 1.73 bits per heavy atom. The lowest BCUT2D eigenvalue weighted by molar-refractivity contribution is 0.0976. The number of aliphatic hydroxyl groups is 1. The Balaban J connectivity index is 2.26. The zero-order valence-corrected chi connectivity index (χ0v) is 7.35. The first kappa shape index (κ1) is 8.75. The van der Waals surface area contributed by atoms with E-state index in [1.54, 1.807) is 6.92 Å². The molecule has 11 heavy (non-hydrogen) atoms. The van der Waals surface area contributed by atoms with Crippen molar-refractivity contribution in [3.05, 3.63) is 12.2 Å². The van der Waals surface area contributed by atoms with E-state index in [0.717, 1.165) is 5.57 Å². The average Bonchev–Trinajstić information content (AvgIpc) is 2.65. The molecule has 1 fully saturated rings. The summed E-state index contributed by atoms with van der Waals surface area (Å²) in [5, 5.41) is 13.0. The first-order valence-electron chi connectivity index (χ1n) is 4.14. The molecule has 0 saturated heterocycles. The number of hydrogen-bond acceptors (Lipinski definition) is 2. The van der Waals surface area contributed by atoms with Crippen LogP contribution >= 0.6 is 0 Å². The third-order valence-electron chi connectivity index (χ3n) is 2.23. The van der Waals surface area contributed by atoms with Crippen LogP contribution in [0.1, 0.15) is 26.7 Å². The standard InChI is InChI=1S/C9H17NO/c1-7(2)9(3,11)6-10-8-4-5-8/h8,10-11H,1,4-6H2,2-3H3. The molecule has 2 heteroatoms. The maximum atomic E-state index is 9.71. The van der Waals surface area contributed by atoms with E-state index in [1.807, 2.05) is 6.92 Å². The van der Waals surface area contributed by atoms with Gasteiger partial charge < -0.3 is 10.4 Å². The topological polar surface area (TPSA) is 32.3 Å². The minimum absolute atomic E-state index is 0.632. The van der Waals surface area contributed by atoms with Gasteiger partial charge in [0.25, 0.3) is 0 Å². The highest BCUT2D eigenvalue weighted by molar-refractivity contribution is 5.08. The molecule has 1 aliphatic carbocycles. The first-order chi connectivity index (χ1) is 5.02. The summed E-state index contributed by atoms with van der Waals surface area (Å²) in [6.07, 6.45) is 2.51. The summed E-state index contributed by atoms with van der Waals surface area (Å²) in [5.74, 6) is 0. The van der Waals surface area contributed by atoms with Gasteiger partial charge in [-0.25, -0.2) is 0 Å². The minimum Gasteiger partial charge on any atom is -0.384 e. The molecule has 0 spiro atoms. The van der Waals surface area contributed by atoms with E-state index in [0.29, 0.717) is 12.6 Å². The Morgan fingerprint density at radius 3 is 2.64 bits per heavy atom. The van der Waals surface area contributed by atoms with Gasteiger partial charge in [0.15, 0.2) is 0 Å². The molecule has 64 valence electrons. The normalized spacial score (nSPS) is 22.8. The summed E-state index contributed by atoms with van der Waals surface area (Å²) >= 11 is 0. The Hall–Kier alpha value is -0.340. The van der Waals surface area contributed by atoms with Crippen LogP contribution in [-0.2, 0) is 0 Å². The van der Waals surface area contributed by atoms with E-state index in [9.17, 15) is 5.11 Å². The van der Waals surface area contributed by atoms with Gasteiger partial charge in [0.2, 0.25) is 0 Å². The van der Waals surface area contributed by atoms with Crippen molar-refractivity contribution in [3.8, 4) is 0 Å². The van der Waals surface area contributed by atoms with Crippen LogP contribution in [0.15, 0.2) is 12.2 Å². The molecule has 0 aromatic rings. The molecule has 1 rings (SSSR count). The largest absolute Gasteiger partial charge is 0.384 e. The van der Waals surface area contributed by atoms with Gasteiger partial charge in [0.05, 0.1) is 5.60 Å². The molecule has 1 atom stereocenters. The molecule has 1 aliphatic rings. The van der Waals surface area contributed by atoms with E-state index >= 15 is 0 Å². The molecular weight excluding hydrogens is 138 g/mol. The molecule has 1 unspecified atom stereocenters. The van der Waals surface area contributed by atoms with Crippen molar-refractivity contribution >= 4 is 0 Å². The molecule has 0 heterocycles. The van der Waals surface area contributed by atoms with Gasteiger partial charge in [-0.2, -0.15) is 0 Å². The van der Waals surface area contributed by atoms with E-state index in [-0.39, 0.29) is 0 Å². The number of nitrogens with one attached hydrogen (secondary N) is 1. The number of rotatable bonds is 4. The number of hydrogen-bond donors (Lipinski definition) is 2. The maximum Gasteiger partial charge on any atom is 0.0947 e. The zero-order chi connectivity index (χ0) is 8.48. The summed E-state index contributed by atoms with van der Waals surface area (Å²) in [4.78, 5) is 0. The second kappa shape index (κ2) is 2.95. The van der Waals surface area contributed by atoms with Crippen molar-refractivity contribution in [2.24, 2.45) is 0 Å². The van der Waals surface area contributed by atoms with Crippen LogP contribution in [0.4, 0.5) is 0 Å². The van der Waals surface area contributed by atoms with Crippen LogP contribution in [0.2, 0.25) is 0 Å². The lowest BCUT2D eigenvalue weighted by Gasteiger charge is -2.23. The summed E-state index contributed by atoms with van der Waals surface area (Å²) < 4.78 is 0. The highest BCUT2D eigenvalue weighted by Crippen LogP contribution is 2.20. The van der Waals surface area contributed by atoms with Crippen molar-refractivity contribution in [2.45, 2.75) is 38.3 Å². The smallest absolute Gasteiger partial charge is 0.0947 e. The van der Waals surface area contributed by atoms with Gasteiger partial charge in [-0.15, -0.1) is 0 Å². The van der Waals surface area contributed by atoms with E-state index in [2.05, 4.69) is 11.9 Å². The minimum atomic E-state index is -0.734. The molecule has 2 N–H and O–H groups in total. The fourth-order valence-corrected chi connectivity index (χ4v) is 0.781. The predicted molar refractivity (Wildman–Crippen MR) is 46.5 cm³/mol. The second-order valence-electron chi connectivity index (χ2n) is 3.71. The Kier molecular flexibility index (Phi) is 2.35. The second-order valence-corrected chi connectivity index (χ2v) is 3.71. The molecule has 0 aromatic carbocycles. The maximum absolute atomic E-state index is 9.71. The Labute approximate surface area is 68.3 Å². The van der Waals surface area contributed by atoms with E-state index in [1.165, 1.54) is 12.8 Å². The highest BCUT2D eigenvalue weighted by atomic mass is 16.3. The van der Waals surface area contributed by atoms with Gasteiger partial charge in [0.1, 0.15) is 0 Å². The summed E-state index contributed by atoms with van der Waals surface area (Å²) in [6.45, 7) is 8.02. The van der Waals surface area contributed by atoms with Gasteiger partial charge in [-0.05, 0) is 32.3 Å². The van der Waals surface area contributed by atoms with Crippen molar-refractivity contribution in [1.29, 1.82) is 0 Å². The van der Waals surface area contributed by atoms with Gasteiger partial charge in [0, 0.05) is 12.6 Å². The van der Waals surface area contributed by atoms with Crippen LogP contribution in [0.3, 0.4) is 0 Å². The van der Waals surface area contributed by atoms with E-state index < -0.39 is 5.60 Å². The van der Waals surface area contributed by atoms with Crippen molar-refractivity contribution in [1.82, 2.24) is 5.32 Å². The van der Waals surface area contributed by atoms with Crippen LogP contribution < -0.4 is 5.32 Å². The van der Waals surface area contributed by atoms with Crippen LogP contribution in [0, 0.1) is 0 Å². The molecule has 0 bridgehead atoms. The predicted octanol–water partition coefficient (Wildman–Crippen LogP) is 1.07. The molecule has 2 nitrogen and oxygen atoms in total. The lowest BCUT2D eigenvalue weighted by Crippen LogP contribution is -2.39. The van der Waals surface area contributed by atoms with Gasteiger partial charge in [-0.1, -0.05) is 6.58 Å². The molecule has 0 aromatic heterocycles. The Morgan fingerprint density at radius 2 is 2.27 bits per heavy atom. The van der Waals surface area contributed by atoms with Crippen molar-refractivity contribution < 1.29 is 5.11 Å². The monoisotopic (exact) mass is 155 g/mol. The first-order valence-corrected chi connectivity index (χ1v) is 4.14. The molecule has 0 amide bonds.